The third-order valence-electron chi connectivity index (χ3n) is 5.67. The maximum atomic E-state index is 13.3. The second-order valence-electron chi connectivity index (χ2n) is 7.78. The van der Waals surface area contributed by atoms with Crippen molar-refractivity contribution < 1.29 is 28.2 Å². The summed E-state index contributed by atoms with van der Waals surface area (Å²) < 4.78 is 39.9. The Morgan fingerprint density at radius 3 is 2.00 bits per heavy atom. The summed E-state index contributed by atoms with van der Waals surface area (Å²) in [6, 6.07) is 0. The number of halogens is 3. The molecule has 0 aliphatic heterocycles. The number of carboxylic acid groups (broad SMARTS) is 1. The first-order chi connectivity index (χ1) is 11.2. The molecule has 2 rings (SSSR count). The van der Waals surface area contributed by atoms with E-state index in [-0.39, 0.29) is 0 Å². The lowest BCUT2D eigenvalue weighted by Crippen LogP contribution is -2.55. The van der Waals surface area contributed by atoms with E-state index in [9.17, 15) is 23.1 Å². The van der Waals surface area contributed by atoms with Crippen LogP contribution in [0.2, 0.25) is 0 Å². The highest BCUT2D eigenvalue weighted by Crippen LogP contribution is 2.46. The van der Waals surface area contributed by atoms with Gasteiger partial charge in [-0.25, -0.2) is 4.79 Å². The van der Waals surface area contributed by atoms with E-state index >= 15 is 0 Å². The average Bonchev–Trinajstić information content (AvgIpc) is 2.91. The van der Waals surface area contributed by atoms with E-state index < -0.39 is 29.6 Å². The summed E-state index contributed by atoms with van der Waals surface area (Å²) in [5.41, 5.74) is 1.11. The van der Waals surface area contributed by atoms with Crippen LogP contribution in [0.25, 0.3) is 0 Å². The van der Waals surface area contributed by atoms with Gasteiger partial charge in [-0.3, -0.25) is 0 Å². The summed E-state index contributed by atoms with van der Waals surface area (Å²) in [6.07, 6.45) is -3.58. The summed E-state index contributed by atoms with van der Waals surface area (Å²) in [6.45, 7) is 9.00. The molecule has 0 aromatic heterocycles. The number of aliphatic hydroxyl groups is 1. The Morgan fingerprint density at radius 2 is 1.52 bits per heavy atom. The van der Waals surface area contributed by atoms with Crippen molar-refractivity contribution in [2.45, 2.75) is 77.5 Å². The molecule has 1 aromatic carbocycles. The highest BCUT2D eigenvalue weighted by atomic mass is 19.4. The van der Waals surface area contributed by atoms with E-state index in [0.717, 1.165) is 52.6 Å². The van der Waals surface area contributed by atoms with Crippen LogP contribution in [0.1, 0.15) is 60.1 Å². The lowest BCUT2D eigenvalue weighted by atomic mass is 9.70. The molecule has 0 saturated carbocycles. The number of hydrogen-bond donors (Lipinski definition) is 2. The van der Waals surface area contributed by atoms with Gasteiger partial charge in [-0.15, -0.1) is 0 Å². The summed E-state index contributed by atoms with van der Waals surface area (Å²) in [5.74, 6) is -2.26. The van der Waals surface area contributed by atoms with Gasteiger partial charge in [0.05, 0.1) is 0 Å². The lowest BCUT2D eigenvalue weighted by Gasteiger charge is -2.37. The first kappa shape index (κ1) is 19.8. The smallest absolute Gasteiger partial charge is 0.428 e. The zero-order valence-electron chi connectivity index (χ0n) is 15.3. The molecule has 1 aliphatic carbocycles. The minimum absolute atomic E-state index is 0.757. The number of hydrogen-bond acceptors (Lipinski definition) is 2. The van der Waals surface area contributed by atoms with Crippen molar-refractivity contribution in [3.8, 4) is 0 Å². The molecule has 2 N–H and O–H groups in total. The van der Waals surface area contributed by atoms with E-state index in [1.54, 1.807) is 13.8 Å². The molecule has 0 bridgehead atoms. The molecule has 0 heterocycles. The minimum atomic E-state index is -5.24. The van der Waals surface area contributed by atoms with E-state index in [1.165, 1.54) is 0 Å². The second-order valence-corrected chi connectivity index (χ2v) is 7.78. The minimum Gasteiger partial charge on any atom is -0.479 e. The van der Waals surface area contributed by atoms with Gasteiger partial charge in [-0.05, 0) is 78.8 Å². The van der Waals surface area contributed by atoms with E-state index in [2.05, 4.69) is 0 Å². The molecule has 3 nitrogen and oxygen atoms in total. The van der Waals surface area contributed by atoms with Gasteiger partial charge >= 0.3 is 12.1 Å². The van der Waals surface area contributed by atoms with Gasteiger partial charge in [0.1, 0.15) is 0 Å². The zero-order chi connectivity index (χ0) is 19.4. The maximum Gasteiger partial charge on any atom is 0.428 e. The third kappa shape index (κ3) is 3.05. The number of carbonyl (C=O) groups is 1. The van der Waals surface area contributed by atoms with E-state index in [4.69, 9.17) is 5.11 Å². The summed E-state index contributed by atoms with van der Waals surface area (Å²) in [4.78, 5) is 11.2. The monoisotopic (exact) mass is 358 g/mol. The highest BCUT2D eigenvalue weighted by Gasteiger charge is 2.62. The predicted molar refractivity (Wildman–Crippen MR) is 89.0 cm³/mol. The largest absolute Gasteiger partial charge is 0.479 e. The van der Waals surface area contributed by atoms with Crippen LogP contribution in [-0.4, -0.2) is 28.0 Å². The van der Waals surface area contributed by atoms with Crippen LogP contribution in [0.3, 0.4) is 0 Å². The Balaban J connectivity index is 2.64. The molecule has 25 heavy (non-hydrogen) atoms. The van der Waals surface area contributed by atoms with E-state index in [0.29, 0.717) is 0 Å². The van der Waals surface area contributed by atoms with E-state index in [1.807, 2.05) is 20.8 Å². The zero-order valence-corrected chi connectivity index (χ0v) is 15.3. The van der Waals surface area contributed by atoms with Crippen LogP contribution in [0.15, 0.2) is 0 Å². The van der Waals surface area contributed by atoms with Crippen molar-refractivity contribution in [2.24, 2.45) is 0 Å². The molecular weight excluding hydrogens is 333 g/mol. The maximum absolute atomic E-state index is 13.3. The number of rotatable bonds is 4. The fourth-order valence-electron chi connectivity index (χ4n) is 4.30. The van der Waals surface area contributed by atoms with Crippen molar-refractivity contribution in [2.75, 3.05) is 0 Å². The van der Waals surface area contributed by atoms with Crippen molar-refractivity contribution in [3.63, 3.8) is 0 Å². The number of benzene rings is 1. The average molecular weight is 358 g/mol. The van der Waals surface area contributed by atoms with Gasteiger partial charge in [-0.1, -0.05) is 13.8 Å². The third-order valence-corrected chi connectivity index (χ3v) is 5.67. The Bertz CT molecular complexity index is 720. The molecule has 6 heteroatoms. The van der Waals surface area contributed by atoms with Crippen molar-refractivity contribution in [3.05, 3.63) is 33.4 Å². The summed E-state index contributed by atoms with van der Waals surface area (Å²) in [5, 5.41) is 19.0. The first-order valence-corrected chi connectivity index (χ1v) is 8.38. The van der Waals surface area contributed by atoms with Crippen LogP contribution in [-0.2, 0) is 23.1 Å². The quantitative estimate of drug-likeness (QED) is 0.850. The van der Waals surface area contributed by atoms with Crippen LogP contribution >= 0.6 is 0 Å². The topological polar surface area (TPSA) is 57.5 Å². The van der Waals surface area contributed by atoms with Gasteiger partial charge in [0.25, 0.3) is 5.60 Å². The fourth-order valence-corrected chi connectivity index (χ4v) is 4.30. The molecule has 0 amide bonds. The highest BCUT2D eigenvalue weighted by molar-refractivity contribution is 5.78. The molecule has 0 fully saturated rings. The molecular formula is C19H25F3O3. The normalized spacial score (nSPS) is 17.3. The van der Waals surface area contributed by atoms with Crippen LogP contribution in [0.5, 0.6) is 0 Å². The second kappa shape index (κ2) is 6.01. The van der Waals surface area contributed by atoms with Crippen LogP contribution in [0, 0.1) is 20.8 Å². The number of aliphatic carboxylic acids is 1. The molecule has 1 atom stereocenters. The summed E-state index contributed by atoms with van der Waals surface area (Å²) in [7, 11) is 0. The first-order valence-electron chi connectivity index (χ1n) is 8.38. The van der Waals surface area contributed by atoms with Gasteiger partial charge in [0.15, 0.2) is 0 Å². The molecule has 0 saturated heterocycles. The molecule has 140 valence electrons. The standard InChI is InChI=1S/C19H25F3O3/c1-10-11(2)13-7-6-8-14(13)15(12(10)3)17(4,5)9-18(25,16(23)24)19(20,21)22/h25H,6-9H2,1-5H3,(H,23,24). The Morgan fingerprint density at radius 1 is 1.00 bits per heavy atom. The van der Waals surface area contributed by atoms with Crippen molar-refractivity contribution in [1.82, 2.24) is 0 Å². The molecule has 1 aliphatic rings. The Kier molecular flexibility index (Phi) is 4.75. The number of fused-ring (bicyclic) bond motifs is 1. The van der Waals surface area contributed by atoms with Gasteiger partial charge in [0.2, 0.25) is 0 Å². The molecule has 0 spiro atoms. The number of carboxylic acids is 1. The fraction of sp³-hybridized carbons (Fsp3) is 0.632. The summed E-state index contributed by atoms with van der Waals surface area (Å²) >= 11 is 0. The number of alkyl halides is 3. The molecule has 1 aromatic rings. The Labute approximate surface area is 145 Å². The van der Waals surface area contributed by atoms with Crippen LogP contribution in [0.4, 0.5) is 13.2 Å². The lowest BCUT2D eigenvalue weighted by molar-refractivity contribution is -0.265. The Hall–Kier alpha value is -1.56. The predicted octanol–water partition coefficient (Wildman–Crippen LogP) is 4.15. The van der Waals surface area contributed by atoms with Crippen molar-refractivity contribution >= 4 is 5.97 Å². The van der Waals surface area contributed by atoms with Gasteiger partial charge in [0, 0.05) is 6.42 Å². The molecule has 0 radical (unpaired) electrons. The van der Waals surface area contributed by atoms with Crippen molar-refractivity contribution in [1.29, 1.82) is 0 Å². The van der Waals surface area contributed by atoms with Crippen LogP contribution < -0.4 is 0 Å². The van der Waals surface area contributed by atoms with Gasteiger partial charge in [-0.2, -0.15) is 13.2 Å². The SMILES string of the molecule is Cc1c(C)c2c(c(C(C)(C)CC(O)(C(=O)O)C(F)(F)F)c1C)CCC2. The molecule has 1 unspecified atom stereocenters. The van der Waals surface area contributed by atoms with Gasteiger partial charge < -0.3 is 10.2 Å².